The van der Waals surface area contributed by atoms with Gasteiger partial charge in [-0.3, -0.25) is 0 Å². The number of aromatic nitrogens is 2. The molecule has 1 atom stereocenters. The smallest absolute Gasteiger partial charge is 0.115 e. The average molecular weight is 191 g/mol. The Bertz CT molecular complexity index is 353. The molecule has 0 aliphatic heterocycles. The average Bonchev–Trinajstić information content (AvgIpc) is 2.95. The van der Waals surface area contributed by atoms with Crippen molar-refractivity contribution in [3.05, 3.63) is 24.3 Å². The van der Waals surface area contributed by atoms with Gasteiger partial charge < -0.3 is 0 Å². The third-order valence-corrected chi connectivity index (χ3v) is 2.50. The van der Waals surface area contributed by atoms with Crippen molar-refractivity contribution in [2.75, 3.05) is 0 Å². The van der Waals surface area contributed by atoms with Gasteiger partial charge in [-0.2, -0.15) is 5.26 Å². The maximum absolute atomic E-state index is 13.4. The van der Waals surface area contributed by atoms with E-state index in [-0.39, 0.29) is 6.42 Å². The van der Waals surface area contributed by atoms with Crippen molar-refractivity contribution in [1.82, 2.24) is 9.97 Å². The molecule has 1 aromatic heterocycles. The Hall–Kier alpha value is -1.50. The highest BCUT2D eigenvalue weighted by Gasteiger charge is 2.45. The Labute approximate surface area is 81.6 Å². The summed E-state index contributed by atoms with van der Waals surface area (Å²) < 4.78 is 13.4. The van der Waals surface area contributed by atoms with E-state index in [4.69, 9.17) is 5.26 Å². The van der Waals surface area contributed by atoms with E-state index in [1.54, 1.807) is 12.4 Å². The first-order valence-corrected chi connectivity index (χ1v) is 4.57. The van der Waals surface area contributed by atoms with Crippen LogP contribution in [0.5, 0.6) is 0 Å². The first kappa shape index (κ1) is 9.07. The first-order chi connectivity index (χ1) is 6.73. The highest BCUT2D eigenvalue weighted by molar-refractivity contribution is 5.20. The van der Waals surface area contributed by atoms with Crippen molar-refractivity contribution in [3.8, 4) is 6.07 Å². The zero-order chi connectivity index (χ0) is 10.0. The van der Waals surface area contributed by atoms with Crippen LogP contribution in [-0.2, 0) is 0 Å². The molecular weight excluding hydrogens is 181 g/mol. The zero-order valence-corrected chi connectivity index (χ0v) is 7.65. The standard InChI is InChI=1S/C10H10FN3/c11-10(1-2-10)3-8(4-12)9-5-13-7-14-6-9/h5-8H,1-3H2/t8-/m1/s1. The Morgan fingerprint density at radius 2 is 2.14 bits per heavy atom. The van der Waals surface area contributed by atoms with E-state index in [1.165, 1.54) is 6.33 Å². The third kappa shape index (κ3) is 1.87. The topological polar surface area (TPSA) is 49.6 Å². The van der Waals surface area contributed by atoms with E-state index in [0.29, 0.717) is 18.4 Å². The van der Waals surface area contributed by atoms with Crippen LogP contribution >= 0.6 is 0 Å². The summed E-state index contributed by atoms with van der Waals surface area (Å²) >= 11 is 0. The van der Waals surface area contributed by atoms with Gasteiger partial charge in [-0.05, 0) is 12.8 Å². The van der Waals surface area contributed by atoms with Crippen LogP contribution in [0.2, 0.25) is 0 Å². The number of hydrogen-bond donors (Lipinski definition) is 0. The molecule has 0 unspecified atom stereocenters. The molecule has 1 aliphatic carbocycles. The van der Waals surface area contributed by atoms with Crippen LogP contribution in [0.15, 0.2) is 18.7 Å². The predicted molar refractivity (Wildman–Crippen MR) is 48.1 cm³/mol. The quantitative estimate of drug-likeness (QED) is 0.733. The highest BCUT2D eigenvalue weighted by Crippen LogP contribution is 2.46. The number of nitriles is 1. The molecule has 1 aromatic rings. The zero-order valence-electron chi connectivity index (χ0n) is 7.65. The van der Waals surface area contributed by atoms with Gasteiger partial charge in [-0.25, -0.2) is 14.4 Å². The van der Waals surface area contributed by atoms with Crippen molar-refractivity contribution < 1.29 is 4.39 Å². The van der Waals surface area contributed by atoms with Gasteiger partial charge in [0, 0.05) is 24.4 Å². The molecule has 0 spiro atoms. The van der Waals surface area contributed by atoms with E-state index in [9.17, 15) is 4.39 Å². The fraction of sp³-hybridized carbons (Fsp3) is 0.500. The molecule has 3 nitrogen and oxygen atoms in total. The molecular formula is C10H10FN3. The number of alkyl halides is 1. The van der Waals surface area contributed by atoms with E-state index >= 15 is 0 Å². The molecule has 0 bridgehead atoms. The van der Waals surface area contributed by atoms with Gasteiger partial charge in [-0.15, -0.1) is 0 Å². The molecule has 1 heterocycles. The lowest BCUT2D eigenvalue weighted by molar-refractivity contribution is 0.282. The SMILES string of the molecule is N#C[C@@H](CC1(F)CC1)c1cncnc1. The molecule has 0 amide bonds. The Morgan fingerprint density at radius 1 is 1.50 bits per heavy atom. The van der Waals surface area contributed by atoms with Crippen molar-refractivity contribution in [2.45, 2.75) is 30.8 Å². The molecule has 0 N–H and O–H groups in total. The van der Waals surface area contributed by atoms with Gasteiger partial charge in [0.2, 0.25) is 0 Å². The van der Waals surface area contributed by atoms with Crippen LogP contribution in [0.1, 0.15) is 30.7 Å². The van der Waals surface area contributed by atoms with Crippen LogP contribution < -0.4 is 0 Å². The maximum atomic E-state index is 13.4. The maximum Gasteiger partial charge on any atom is 0.115 e. The number of rotatable bonds is 3. The minimum Gasteiger partial charge on any atom is -0.244 e. The second kappa shape index (κ2) is 3.33. The summed E-state index contributed by atoms with van der Waals surface area (Å²) in [4.78, 5) is 7.64. The molecule has 1 fully saturated rings. The molecule has 1 aliphatic rings. The van der Waals surface area contributed by atoms with E-state index in [2.05, 4.69) is 16.0 Å². The van der Waals surface area contributed by atoms with Crippen LogP contribution in [-0.4, -0.2) is 15.6 Å². The molecule has 0 radical (unpaired) electrons. The molecule has 0 aromatic carbocycles. The van der Waals surface area contributed by atoms with Gasteiger partial charge in [0.15, 0.2) is 0 Å². The van der Waals surface area contributed by atoms with Gasteiger partial charge >= 0.3 is 0 Å². The van der Waals surface area contributed by atoms with E-state index in [1.807, 2.05) is 0 Å². The predicted octanol–water partition coefficient (Wildman–Crippen LogP) is 1.98. The fourth-order valence-electron chi connectivity index (χ4n) is 1.43. The van der Waals surface area contributed by atoms with Crippen LogP contribution in [0.25, 0.3) is 0 Å². The lowest BCUT2D eigenvalue weighted by Crippen LogP contribution is -2.07. The molecule has 1 saturated carbocycles. The first-order valence-electron chi connectivity index (χ1n) is 4.57. The summed E-state index contributed by atoms with van der Waals surface area (Å²) in [6, 6.07) is 2.09. The fourth-order valence-corrected chi connectivity index (χ4v) is 1.43. The van der Waals surface area contributed by atoms with Crippen molar-refractivity contribution in [1.29, 1.82) is 5.26 Å². The van der Waals surface area contributed by atoms with E-state index in [0.717, 1.165) is 0 Å². The summed E-state index contributed by atoms with van der Waals surface area (Å²) in [5, 5.41) is 8.90. The van der Waals surface area contributed by atoms with Crippen molar-refractivity contribution in [2.24, 2.45) is 0 Å². The Balaban J connectivity index is 2.11. The Morgan fingerprint density at radius 3 is 2.64 bits per heavy atom. The molecule has 14 heavy (non-hydrogen) atoms. The molecule has 72 valence electrons. The molecule has 4 heteroatoms. The monoisotopic (exact) mass is 191 g/mol. The van der Waals surface area contributed by atoms with Crippen LogP contribution in [0.4, 0.5) is 4.39 Å². The number of halogens is 1. The largest absolute Gasteiger partial charge is 0.244 e. The number of nitrogens with zero attached hydrogens (tertiary/aromatic N) is 3. The number of hydrogen-bond acceptors (Lipinski definition) is 3. The minimum absolute atomic E-state index is 0.275. The lowest BCUT2D eigenvalue weighted by atomic mass is 9.96. The van der Waals surface area contributed by atoms with Gasteiger partial charge in [0.05, 0.1) is 12.0 Å². The third-order valence-electron chi connectivity index (χ3n) is 2.50. The van der Waals surface area contributed by atoms with Crippen LogP contribution in [0.3, 0.4) is 0 Å². The minimum atomic E-state index is -1.10. The van der Waals surface area contributed by atoms with Crippen LogP contribution in [0, 0.1) is 11.3 Å². The van der Waals surface area contributed by atoms with Gasteiger partial charge in [0.1, 0.15) is 12.0 Å². The van der Waals surface area contributed by atoms with Crippen molar-refractivity contribution >= 4 is 0 Å². The summed E-state index contributed by atoms with van der Waals surface area (Å²) in [7, 11) is 0. The summed E-state index contributed by atoms with van der Waals surface area (Å²) in [5.74, 6) is -0.413. The molecule has 0 saturated heterocycles. The second-order valence-electron chi connectivity index (χ2n) is 3.71. The molecule has 2 rings (SSSR count). The summed E-state index contributed by atoms with van der Waals surface area (Å²) in [6.07, 6.45) is 5.99. The second-order valence-corrected chi connectivity index (χ2v) is 3.71. The summed E-state index contributed by atoms with van der Waals surface area (Å²) in [6.45, 7) is 0. The van der Waals surface area contributed by atoms with Gasteiger partial charge in [-0.1, -0.05) is 0 Å². The van der Waals surface area contributed by atoms with Gasteiger partial charge in [0.25, 0.3) is 0 Å². The lowest BCUT2D eigenvalue weighted by Gasteiger charge is -2.10. The van der Waals surface area contributed by atoms with Crippen molar-refractivity contribution in [3.63, 3.8) is 0 Å². The normalized spacial score (nSPS) is 19.7. The summed E-state index contributed by atoms with van der Waals surface area (Å²) in [5.41, 5.74) is -0.394. The highest BCUT2D eigenvalue weighted by atomic mass is 19.1. The van der Waals surface area contributed by atoms with E-state index < -0.39 is 11.6 Å². The Kier molecular flexibility index (Phi) is 2.16.